The van der Waals surface area contributed by atoms with Crippen LogP contribution >= 0.6 is 0 Å². The third-order valence-electron chi connectivity index (χ3n) is 5.92. The number of para-hydroxylation sites is 1. The number of tetrazole rings is 1. The molecule has 0 aliphatic carbocycles. The topological polar surface area (TPSA) is 52.5 Å². The van der Waals surface area contributed by atoms with E-state index in [1.165, 1.54) is 11.3 Å². The molecule has 1 aromatic heterocycles. The number of hydrogen-bond donors (Lipinski definition) is 2. The average Bonchev–Trinajstić information content (AvgIpc) is 3.21. The van der Waals surface area contributed by atoms with Crippen molar-refractivity contribution >= 4 is 5.69 Å². The summed E-state index contributed by atoms with van der Waals surface area (Å²) in [4.78, 5) is 3.20. The average molecular weight is 393 g/mol. The molecule has 1 fully saturated rings. The first-order chi connectivity index (χ1) is 14.2. The van der Waals surface area contributed by atoms with Gasteiger partial charge in [0.1, 0.15) is 31.9 Å². The summed E-state index contributed by atoms with van der Waals surface area (Å²) in [7, 11) is 0. The quantitative estimate of drug-likeness (QED) is 0.629. The summed E-state index contributed by atoms with van der Waals surface area (Å²) >= 11 is 0. The Labute approximate surface area is 173 Å². The molecule has 29 heavy (non-hydrogen) atoms. The number of aromatic nitrogens is 4. The number of piperazine rings is 1. The van der Waals surface area contributed by atoms with Crippen LogP contribution in [0.3, 0.4) is 0 Å². The van der Waals surface area contributed by atoms with Gasteiger partial charge in [-0.05, 0) is 34.0 Å². The zero-order valence-corrected chi connectivity index (χ0v) is 17.5. The molecule has 3 aromatic rings. The van der Waals surface area contributed by atoms with Crippen LogP contribution in [0.4, 0.5) is 5.69 Å². The normalized spacial score (nSPS) is 20.7. The predicted molar refractivity (Wildman–Crippen MR) is 113 cm³/mol. The molecule has 1 aliphatic rings. The molecule has 1 atom stereocenters. The molecule has 1 aliphatic heterocycles. The summed E-state index contributed by atoms with van der Waals surface area (Å²) in [5.41, 5.74) is 2.64. The van der Waals surface area contributed by atoms with E-state index in [0.29, 0.717) is 12.0 Å². The van der Waals surface area contributed by atoms with E-state index >= 15 is 0 Å². The van der Waals surface area contributed by atoms with Gasteiger partial charge >= 0.3 is 0 Å². The predicted octanol–water partition coefficient (Wildman–Crippen LogP) is 0.924. The molecule has 6 nitrogen and oxygen atoms in total. The number of hydrogen-bond acceptors (Lipinski definition) is 3. The lowest BCUT2D eigenvalue weighted by Gasteiger charge is -2.34. The Morgan fingerprint density at radius 2 is 1.55 bits per heavy atom. The van der Waals surface area contributed by atoms with Crippen molar-refractivity contribution in [2.24, 2.45) is 5.92 Å². The van der Waals surface area contributed by atoms with E-state index in [1.807, 2.05) is 10.7 Å². The number of nitrogens with zero attached hydrogens (tertiary/aromatic N) is 4. The van der Waals surface area contributed by atoms with E-state index in [2.05, 4.69) is 84.0 Å². The second-order valence-electron chi connectivity index (χ2n) is 8.49. The van der Waals surface area contributed by atoms with Crippen molar-refractivity contribution in [3.63, 3.8) is 0 Å². The van der Waals surface area contributed by atoms with Gasteiger partial charge in [0.25, 0.3) is 0 Å². The van der Waals surface area contributed by atoms with Gasteiger partial charge in [0.05, 0.1) is 6.54 Å². The second kappa shape index (κ2) is 9.29. The Morgan fingerprint density at radius 3 is 2.21 bits per heavy atom. The minimum absolute atomic E-state index is 0.339. The van der Waals surface area contributed by atoms with Crippen molar-refractivity contribution in [2.75, 3.05) is 26.2 Å². The largest absolute Gasteiger partial charge is 0.317 e. The number of nitrogens with one attached hydrogen (secondary N) is 2. The van der Waals surface area contributed by atoms with Gasteiger partial charge < -0.3 is 4.90 Å². The van der Waals surface area contributed by atoms with Crippen LogP contribution in [0.5, 0.6) is 0 Å². The number of rotatable bonds is 7. The van der Waals surface area contributed by atoms with E-state index < -0.39 is 0 Å². The molecule has 0 saturated carbocycles. The van der Waals surface area contributed by atoms with Crippen molar-refractivity contribution in [1.82, 2.24) is 20.2 Å². The fourth-order valence-corrected chi connectivity index (χ4v) is 4.44. The van der Waals surface area contributed by atoms with E-state index in [-0.39, 0.29) is 0 Å². The van der Waals surface area contributed by atoms with Gasteiger partial charge in [-0.2, -0.15) is 0 Å². The van der Waals surface area contributed by atoms with Crippen LogP contribution in [0, 0.1) is 5.92 Å². The highest BCUT2D eigenvalue weighted by Crippen LogP contribution is 2.17. The van der Waals surface area contributed by atoms with Gasteiger partial charge in [0.2, 0.25) is 5.82 Å². The maximum atomic E-state index is 4.49. The van der Waals surface area contributed by atoms with Crippen molar-refractivity contribution in [3.05, 3.63) is 72.1 Å². The minimum atomic E-state index is 0.339. The van der Waals surface area contributed by atoms with Gasteiger partial charge in [-0.1, -0.05) is 62.4 Å². The molecule has 0 bridgehead atoms. The van der Waals surface area contributed by atoms with Gasteiger partial charge in [-0.3, -0.25) is 4.90 Å². The van der Waals surface area contributed by atoms with E-state index in [1.54, 1.807) is 9.80 Å². The highest BCUT2D eigenvalue weighted by molar-refractivity contribution is 5.27. The lowest BCUT2D eigenvalue weighted by molar-refractivity contribution is -1.01. The minimum Gasteiger partial charge on any atom is -0.317 e. The Balaban J connectivity index is 1.50. The number of benzene rings is 2. The van der Waals surface area contributed by atoms with E-state index in [4.69, 9.17) is 0 Å². The lowest BCUT2D eigenvalue weighted by atomic mass is 10.0. The van der Waals surface area contributed by atoms with Gasteiger partial charge in [0, 0.05) is 6.42 Å². The zero-order valence-electron chi connectivity index (χ0n) is 17.5. The molecule has 1 saturated heterocycles. The highest BCUT2D eigenvalue weighted by atomic mass is 15.6. The van der Waals surface area contributed by atoms with Crippen LogP contribution in [0.15, 0.2) is 60.7 Å². The first-order valence-corrected chi connectivity index (χ1v) is 10.8. The van der Waals surface area contributed by atoms with Gasteiger partial charge in [-0.15, -0.1) is 5.10 Å². The third-order valence-corrected chi connectivity index (χ3v) is 5.92. The summed E-state index contributed by atoms with van der Waals surface area (Å²) in [6.45, 7) is 9.89. The van der Waals surface area contributed by atoms with Crippen molar-refractivity contribution < 1.29 is 9.80 Å². The van der Waals surface area contributed by atoms with Gasteiger partial charge in [0.15, 0.2) is 6.04 Å². The summed E-state index contributed by atoms with van der Waals surface area (Å²) < 4.78 is 2.01. The standard InChI is InChI=1S/C23H30N6/c1-19(2)17-22(23-24-25-26-29(23)18-20-9-5-3-6-10-20)28-15-13-27(14-16-28)21-11-7-4-8-12-21/h3-12,19,22H,13-18H2,1-2H3/p+2/t22-/m0/s1. The fraction of sp³-hybridized carbons (Fsp3) is 0.435. The van der Waals surface area contributed by atoms with Crippen LogP contribution < -0.4 is 9.80 Å². The molecule has 6 heteroatoms. The Kier molecular flexibility index (Phi) is 6.32. The van der Waals surface area contributed by atoms with Crippen LogP contribution in [-0.4, -0.2) is 46.4 Å². The molecule has 152 valence electrons. The summed E-state index contributed by atoms with van der Waals surface area (Å²) in [5, 5.41) is 12.9. The summed E-state index contributed by atoms with van der Waals surface area (Å²) in [5.74, 6) is 1.63. The smallest absolute Gasteiger partial charge is 0.209 e. The highest BCUT2D eigenvalue weighted by Gasteiger charge is 2.35. The van der Waals surface area contributed by atoms with Crippen molar-refractivity contribution in [2.45, 2.75) is 32.9 Å². The second-order valence-corrected chi connectivity index (χ2v) is 8.49. The van der Waals surface area contributed by atoms with E-state index in [0.717, 1.165) is 45.0 Å². The molecule has 0 unspecified atom stereocenters. The fourth-order valence-electron chi connectivity index (χ4n) is 4.44. The summed E-state index contributed by atoms with van der Waals surface area (Å²) in [6, 6.07) is 21.7. The third kappa shape index (κ3) is 4.89. The first-order valence-electron chi connectivity index (χ1n) is 10.8. The summed E-state index contributed by atoms with van der Waals surface area (Å²) in [6.07, 6.45) is 1.10. The van der Waals surface area contributed by atoms with Gasteiger partial charge in [-0.25, -0.2) is 4.68 Å². The van der Waals surface area contributed by atoms with Crippen LogP contribution in [0.1, 0.15) is 37.7 Å². The van der Waals surface area contributed by atoms with Crippen molar-refractivity contribution in [1.29, 1.82) is 0 Å². The first kappa shape index (κ1) is 19.7. The van der Waals surface area contributed by atoms with E-state index in [9.17, 15) is 0 Å². The number of quaternary nitrogens is 2. The van der Waals surface area contributed by atoms with Crippen LogP contribution in [-0.2, 0) is 6.54 Å². The van der Waals surface area contributed by atoms with Crippen molar-refractivity contribution in [3.8, 4) is 0 Å². The Hall–Kier alpha value is -2.57. The Bertz CT molecular complexity index is 869. The Morgan fingerprint density at radius 1 is 0.897 bits per heavy atom. The lowest BCUT2D eigenvalue weighted by Crippen LogP contribution is -3.26. The maximum absolute atomic E-state index is 4.49. The van der Waals surface area contributed by atoms with Crippen LogP contribution in [0.25, 0.3) is 0 Å². The molecule has 4 rings (SSSR count). The molecule has 2 aromatic carbocycles. The molecular weight excluding hydrogens is 360 g/mol. The molecule has 2 N–H and O–H groups in total. The monoisotopic (exact) mass is 392 g/mol. The molecule has 2 heterocycles. The molecular formula is C23H32N6+2. The molecule has 0 amide bonds. The molecule has 0 radical (unpaired) electrons. The SMILES string of the molecule is CC(C)C[C@@H](c1nnnn1Cc1ccccc1)[NH+]1CC[NH+](c2ccccc2)CC1. The molecule has 0 spiro atoms. The van der Waals surface area contributed by atoms with Crippen LogP contribution in [0.2, 0.25) is 0 Å². The maximum Gasteiger partial charge on any atom is 0.209 e. The zero-order chi connectivity index (χ0) is 20.1.